The van der Waals surface area contributed by atoms with Crippen LogP contribution >= 0.6 is 11.8 Å². The van der Waals surface area contributed by atoms with E-state index in [-0.39, 0.29) is 18.3 Å². The lowest BCUT2D eigenvalue weighted by atomic mass is 9.96. The minimum absolute atomic E-state index is 0.256. The Morgan fingerprint density at radius 1 is 0.967 bits per heavy atom. The number of amides is 3. The zero-order valence-corrected chi connectivity index (χ0v) is 19.1. The normalized spacial score (nSPS) is 16.1. The number of nitrogens with two attached hydrogens (primary N) is 1. The van der Waals surface area contributed by atoms with Crippen LogP contribution in [0.15, 0.2) is 0 Å². The first-order valence-corrected chi connectivity index (χ1v) is 11.4. The largest absolute Gasteiger partial charge is 0.480 e. The van der Waals surface area contributed by atoms with Gasteiger partial charge < -0.3 is 31.9 Å². The van der Waals surface area contributed by atoms with E-state index in [0.717, 1.165) is 0 Å². The molecule has 0 spiro atoms. The first kappa shape index (κ1) is 28.1. The highest BCUT2D eigenvalue weighted by Gasteiger charge is 2.33. The molecular formula is C19H36N4O6S. The summed E-state index contributed by atoms with van der Waals surface area (Å²) in [5.74, 6) is -3.02. The van der Waals surface area contributed by atoms with E-state index in [9.17, 15) is 24.3 Å². The molecule has 0 aliphatic carbocycles. The maximum Gasteiger partial charge on any atom is 0.326 e. The summed E-state index contributed by atoms with van der Waals surface area (Å²) in [5, 5.41) is 26.0. The van der Waals surface area contributed by atoms with Gasteiger partial charge in [0.1, 0.15) is 24.2 Å². The number of thioether (sulfide) groups is 1. The molecule has 0 aromatic heterocycles. The number of aliphatic carboxylic acids is 1. The number of carbonyl (C=O) groups is 4. The predicted octanol–water partition coefficient (Wildman–Crippen LogP) is -0.700. The molecule has 30 heavy (non-hydrogen) atoms. The van der Waals surface area contributed by atoms with Crippen molar-refractivity contribution in [2.24, 2.45) is 17.6 Å². The van der Waals surface area contributed by atoms with E-state index in [1.54, 1.807) is 20.8 Å². The van der Waals surface area contributed by atoms with Crippen molar-refractivity contribution in [2.45, 2.75) is 64.7 Å². The molecule has 0 rings (SSSR count). The first-order valence-electron chi connectivity index (χ1n) is 9.99. The zero-order valence-electron chi connectivity index (χ0n) is 18.3. The molecule has 0 saturated heterocycles. The molecule has 0 aromatic rings. The smallest absolute Gasteiger partial charge is 0.326 e. The Morgan fingerprint density at radius 3 is 1.93 bits per heavy atom. The van der Waals surface area contributed by atoms with Gasteiger partial charge >= 0.3 is 5.97 Å². The van der Waals surface area contributed by atoms with E-state index < -0.39 is 54.5 Å². The van der Waals surface area contributed by atoms with E-state index >= 15 is 0 Å². The summed E-state index contributed by atoms with van der Waals surface area (Å²) in [5.41, 5.74) is 5.51. The quantitative estimate of drug-likeness (QED) is 0.202. The zero-order chi connectivity index (χ0) is 23.4. The molecule has 0 heterocycles. The summed E-state index contributed by atoms with van der Waals surface area (Å²) in [6.45, 7) is 6.49. The topological polar surface area (TPSA) is 171 Å². The maximum absolute atomic E-state index is 12.9. The second-order valence-electron chi connectivity index (χ2n) is 7.57. The van der Waals surface area contributed by atoms with Gasteiger partial charge in [-0.25, -0.2) is 4.79 Å². The molecule has 11 heteroatoms. The molecule has 5 unspecified atom stereocenters. The Kier molecular flexibility index (Phi) is 13.3. The number of hydrogen-bond donors (Lipinski definition) is 6. The molecule has 0 bridgehead atoms. The van der Waals surface area contributed by atoms with Crippen molar-refractivity contribution in [2.75, 3.05) is 18.6 Å². The van der Waals surface area contributed by atoms with Crippen molar-refractivity contribution < 1.29 is 29.4 Å². The van der Waals surface area contributed by atoms with Crippen molar-refractivity contribution in [1.29, 1.82) is 0 Å². The molecule has 0 aliphatic rings. The van der Waals surface area contributed by atoms with Gasteiger partial charge in [-0.1, -0.05) is 34.1 Å². The summed E-state index contributed by atoms with van der Waals surface area (Å²) in [4.78, 5) is 49.0. The van der Waals surface area contributed by atoms with Gasteiger partial charge in [0.15, 0.2) is 0 Å². The third-order valence-electron chi connectivity index (χ3n) is 4.80. The second-order valence-corrected chi connectivity index (χ2v) is 8.56. The third kappa shape index (κ3) is 9.31. The minimum Gasteiger partial charge on any atom is -0.480 e. The number of aliphatic hydroxyl groups is 1. The molecule has 0 fully saturated rings. The number of rotatable bonds is 14. The third-order valence-corrected chi connectivity index (χ3v) is 5.44. The van der Waals surface area contributed by atoms with E-state index in [4.69, 9.17) is 10.8 Å². The molecule has 10 nitrogen and oxygen atoms in total. The predicted molar refractivity (Wildman–Crippen MR) is 116 cm³/mol. The highest BCUT2D eigenvalue weighted by Crippen LogP contribution is 2.11. The van der Waals surface area contributed by atoms with Crippen LogP contribution in [0.1, 0.15) is 40.5 Å². The summed E-state index contributed by atoms with van der Waals surface area (Å²) in [6, 6.07) is -4.17. The Morgan fingerprint density at radius 2 is 1.50 bits per heavy atom. The van der Waals surface area contributed by atoms with Crippen LogP contribution in [0.2, 0.25) is 0 Å². The minimum atomic E-state index is -1.17. The van der Waals surface area contributed by atoms with Gasteiger partial charge in [-0.05, 0) is 30.3 Å². The van der Waals surface area contributed by atoms with Crippen LogP contribution in [0.25, 0.3) is 0 Å². The van der Waals surface area contributed by atoms with Crippen LogP contribution in [-0.2, 0) is 19.2 Å². The molecule has 0 aromatic carbocycles. The highest BCUT2D eigenvalue weighted by molar-refractivity contribution is 7.98. The van der Waals surface area contributed by atoms with Crippen LogP contribution < -0.4 is 21.7 Å². The molecule has 0 aliphatic heterocycles. The average molecular weight is 449 g/mol. The summed E-state index contributed by atoms with van der Waals surface area (Å²) in [6.07, 6.45) is 2.66. The van der Waals surface area contributed by atoms with Crippen molar-refractivity contribution >= 4 is 35.5 Å². The van der Waals surface area contributed by atoms with Gasteiger partial charge in [0.25, 0.3) is 0 Å². The van der Waals surface area contributed by atoms with Crippen molar-refractivity contribution in [3.05, 3.63) is 0 Å². The molecular weight excluding hydrogens is 412 g/mol. The fourth-order valence-corrected chi connectivity index (χ4v) is 3.05. The van der Waals surface area contributed by atoms with Gasteiger partial charge in [-0.15, -0.1) is 0 Å². The lowest BCUT2D eigenvalue weighted by Gasteiger charge is -2.29. The van der Waals surface area contributed by atoms with Gasteiger partial charge in [0, 0.05) is 0 Å². The van der Waals surface area contributed by atoms with Gasteiger partial charge in [-0.3, -0.25) is 14.4 Å². The SMILES string of the molecule is CCC(C)C(NC(=O)C(N)CO)C(=O)NC(C(=O)NC(CCSC)C(=O)O)C(C)C. The number of aliphatic hydroxyl groups excluding tert-OH is 1. The Balaban J connectivity index is 5.38. The van der Waals surface area contributed by atoms with Crippen molar-refractivity contribution in [3.63, 3.8) is 0 Å². The fraction of sp³-hybridized carbons (Fsp3) is 0.789. The first-order chi connectivity index (χ1) is 14.0. The molecule has 0 radical (unpaired) electrons. The van der Waals surface area contributed by atoms with Gasteiger partial charge in [0.05, 0.1) is 6.61 Å². The summed E-state index contributed by atoms with van der Waals surface area (Å²) >= 11 is 1.47. The Labute approximate surface area is 182 Å². The monoisotopic (exact) mass is 448 g/mol. The van der Waals surface area contributed by atoms with E-state index in [2.05, 4.69) is 16.0 Å². The number of carboxylic acid groups (broad SMARTS) is 1. The molecule has 5 atom stereocenters. The van der Waals surface area contributed by atoms with Crippen LogP contribution in [-0.4, -0.2) is 76.7 Å². The second kappa shape index (κ2) is 14.2. The van der Waals surface area contributed by atoms with E-state index in [0.29, 0.717) is 12.2 Å². The number of nitrogens with one attached hydrogen (secondary N) is 3. The number of carboxylic acids is 1. The highest BCUT2D eigenvalue weighted by atomic mass is 32.2. The van der Waals surface area contributed by atoms with E-state index in [1.165, 1.54) is 11.8 Å². The van der Waals surface area contributed by atoms with Gasteiger partial charge in [-0.2, -0.15) is 11.8 Å². The van der Waals surface area contributed by atoms with Crippen molar-refractivity contribution in [3.8, 4) is 0 Å². The molecule has 174 valence electrons. The molecule has 3 amide bonds. The van der Waals surface area contributed by atoms with Crippen LogP contribution in [0.3, 0.4) is 0 Å². The molecule has 0 saturated carbocycles. The van der Waals surface area contributed by atoms with Crippen molar-refractivity contribution in [1.82, 2.24) is 16.0 Å². The number of hydrogen-bond acceptors (Lipinski definition) is 7. The Bertz CT molecular complexity index is 589. The van der Waals surface area contributed by atoms with Crippen LogP contribution in [0.5, 0.6) is 0 Å². The lowest BCUT2D eigenvalue weighted by Crippen LogP contribution is -2.60. The summed E-state index contributed by atoms with van der Waals surface area (Å²) < 4.78 is 0. The standard InChI is InChI=1S/C19H36N4O6S/c1-6-11(4)15(23-16(25)12(20)9-24)18(27)22-14(10(2)3)17(26)21-13(19(28)29)7-8-30-5/h10-15,24H,6-9,20H2,1-5H3,(H,21,26)(H,22,27)(H,23,25)(H,28,29). The average Bonchev–Trinajstić information content (AvgIpc) is 2.70. The maximum atomic E-state index is 12.9. The Hall–Kier alpha value is -1.85. The summed E-state index contributed by atoms with van der Waals surface area (Å²) in [7, 11) is 0. The fourth-order valence-electron chi connectivity index (χ4n) is 2.58. The molecule has 7 N–H and O–H groups in total. The number of carbonyl (C=O) groups excluding carboxylic acids is 3. The van der Waals surface area contributed by atoms with Gasteiger partial charge in [0.2, 0.25) is 17.7 Å². The van der Waals surface area contributed by atoms with Crippen LogP contribution in [0.4, 0.5) is 0 Å². The van der Waals surface area contributed by atoms with E-state index in [1.807, 2.05) is 13.2 Å². The van der Waals surface area contributed by atoms with Crippen LogP contribution in [0, 0.1) is 11.8 Å². The lowest BCUT2D eigenvalue weighted by molar-refractivity contribution is -0.142.